The third kappa shape index (κ3) is 8.71. The molecular weight excluding hydrogens is 591 g/mol. The van der Waals surface area contributed by atoms with Crippen LogP contribution in [-0.2, 0) is 32.2 Å². The van der Waals surface area contributed by atoms with Crippen LogP contribution in [0.25, 0.3) is 5.65 Å². The number of aliphatic carboxylic acids is 1. The van der Waals surface area contributed by atoms with Crippen molar-refractivity contribution in [3.63, 3.8) is 0 Å². The summed E-state index contributed by atoms with van der Waals surface area (Å²) >= 11 is 0. The van der Waals surface area contributed by atoms with E-state index in [0.717, 1.165) is 12.8 Å². The van der Waals surface area contributed by atoms with E-state index in [1.165, 1.54) is 12.1 Å². The van der Waals surface area contributed by atoms with E-state index >= 15 is 0 Å². The first-order chi connectivity index (χ1) is 21.7. The van der Waals surface area contributed by atoms with Crippen LogP contribution in [0.1, 0.15) is 82.5 Å². The Bertz CT molecular complexity index is 1540. The maximum absolute atomic E-state index is 14.1. The van der Waals surface area contributed by atoms with Crippen LogP contribution >= 0.6 is 0 Å². The fourth-order valence-corrected chi connectivity index (χ4v) is 5.57. The predicted molar refractivity (Wildman–Crippen MR) is 175 cm³/mol. The summed E-state index contributed by atoms with van der Waals surface area (Å²) in [6, 6.07) is 6.18. The Morgan fingerprint density at radius 3 is 2.52 bits per heavy atom. The van der Waals surface area contributed by atoms with Crippen molar-refractivity contribution in [2.75, 3.05) is 24.6 Å². The summed E-state index contributed by atoms with van der Waals surface area (Å²) < 4.78 is 40.0. The average molecular weight is 639 g/mol. The minimum atomic E-state index is -1.27. The van der Waals surface area contributed by atoms with E-state index in [1.54, 1.807) is 29.7 Å². The molecule has 1 aromatic carbocycles. The van der Waals surface area contributed by atoms with Crippen molar-refractivity contribution in [3.05, 3.63) is 77.9 Å². The normalized spacial score (nSPS) is 16.3. The summed E-state index contributed by atoms with van der Waals surface area (Å²) in [6.07, 6.45) is 4.22. The van der Waals surface area contributed by atoms with Crippen molar-refractivity contribution in [1.82, 2.24) is 14.6 Å². The molecule has 250 valence electrons. The highest BCUT2D eigenvalue weighted by Gasteiger charge is 2.37. The number of benzene rings is 1. The summed E-state index contributed by atoms with van der Waals surface area (Å²) in [5.74, 6) is -0.330. The van der Waals surface area contributed by atoms with Crippen molar-refractivity contribution in [2.24, 2.45) is 0 Å². The minimum absolute atomic E-state index is 0.0995. The number of carbonyl (C=O) groups is 1. The lowest BCUT2D eigenvalue weighted by Crippen LogP contribution is -2.45. The molecule has 1 aliphatic heterocycles. The van der Waals surface area contributed by atoms with Gasteiger partial charge >= 0.3 is 5.97 Å². The van der Waals surface area contributed by atoms with E-state index in [0.29, 0.717) is 65.8 Å². The largest absolute Gasteiger partial charge is 0.490 e. The number of hydrogen-bond donors (Lipinski definition) is 1. The van der Waals surface area contributed by atoms with Crippen LogP contribution < -0.4 is 9.64 Å². The van der Waals surface area contributed by atoms with Crippen molar-refractivity contribution in [3.8, 4) is 5.75 Å². The Kier molecular flexibility index (Phi) is 11.2. The van der Waals surface area contributed by atoms with Crippen molar-refractivity contribution >= 4 is 17.4 Å². The van der Waals surface area contributed by atoms with Crippen LogP contribution in [0.3, 0.4) is 0 Å². The van der Waals surface area contributed by atoms with Gasteiger partial charge in [-0.2, -0.15) is 9.61 Å². The summed E-state index contributed by atoms with van der Waals surface area (Å²) in [5, 5.41) is 15.2. The first kappa shape index (κ1) is 35.1. The minimum Gasteiger partial charge on any atom is -0.490 e. The zero-order valence-corrected chi connectivity index (χ0v) is 27.8. The second-order valence-corrected chi connectivity index (χ2v) is 13.0. The predicted octanol–water partition coefficient (Wildman–Crippen LogP) is 6.74. The highest BCUT2D eigenvalue weighted by atomic mass is 19.1. The van der Waals surface area contributed by atoms with Crippen LogP contribution in [0.4, 0.5) is 10.2 Å². The maximum Gasteiger partial charge on any atom is 0.337 e. The molecule has 2 atom stereocenters. The monoisotopic (exact) mass is 638 g/mol. The van der Waals surface area contributed by atoms with Gasteiger partial charge in [0.15, 0.2) is 11.8 Å². The number of aryl methyl sites for hydroxylation is 1. The van der Waals surface area contributed by atoms with Crippen LogP contribution in [-0.4, -0.2) is 62.7 Å². The van der Waals surface area contributed by atoms with Gasteiger partial charge in [-0.1, -0.05) is 12.2 Å². The number of carboxylic acid groups (broad SMARTS) is 1. The van der Waals surface area contributed by atoms with Crippen molar-refractivity contribution in [2.45, 2.75) is 97.4 Å². The summed E-state index contributed by atoms with van der Waals surface area (Å²) in [7, 11) is 0. The van der Waals surface area contributed by atoms with Gasteiger partial charge < -0.3 is 29.0 Å². The molecule has 10 nitrogen and oxygen atoms in total. The summed E-state index contributed by atoms with van der Waals surface area (Å²) in [4.78, 5) is 19.6. The Morgan fingerprint density at radius 1 is 1.17 bits per heavy atom. The lowest BCUT2D eigenvalue weighted by molar-refractivity contribution is -0.160. The number of fused-ring (bicyclic) bond motifs is 1. The zero-order chi connectivity index (χ0) is 33.6. The fraction of sp³-hybridized carbons (Fsp3) is 0.514. The quantitative estimate of drug-likeness (QED) is 0.181. The molecule has 0 aliphatic carbocycles. The molecule has 1 aliphatic rings. The molecule has 2 aromatic heterocycles. The third-order valence-electron chi connectivity index (χ3n) is 7.84. The van der Waals surface area contributed by atoms with Gasteiger partial charge in [0.05, 0.1) is 48.4 Å². The molecule has 0 radical (unpaired) electrons. The van der Waals surface area contributed by atoms with E-state index in [2.05, 4.69) is 25.0 Å². The van der Waals surface area contributed by atoms with E-state index in [1.807, 2.05) is 33.8 Å². The Hall–Kier alpha value is -3.80. The molecule has 3 heterocycles. The molecule has 4 rings (SSSR count). The van der Waals surface area contributed by atoms with Crippen LogP contribution in [0.15, 0.2) is 49.6 Å². The van der Waals surface area contributed by atoms with Gasteiger partial charge in [0, 0.05) is 36.8 Å². The van der Waals surface area contributed by atoms with Gasteiger partial charge in [0.25, 0.3) is 0 Å². The molecule has 11 heteroatoms. The number of carboxylic acids is 1. The van der Waals surface area contributed by atoms with Gasteiger partial charge in [-0.05, 0) is 72.6 Å². The van der Waals surface area contributed by atoms with Gasteiger partial charge in [-0.3, -0.25) is 0 Å². The Labute approximate surface area is 270 Å². The van der Waals surface area contributed by atoms with Gasteiger partial charge in [0.2, 0.25) is 0 Å². The lowest BCUT2D eigenvalue weighted by atomic mass is 9.92. The second-order valence-electron chi connectivity index (χ2n) is 13.0. The molecule has 1 fully saturated rings. The van der Waals surface area contributed by atoms with Gasteiger partial charge in [-0.15, -0.1) is 13.2 Å². The number of aromatic nitrogens is 3. The molecule has 0 unspecified atom stereocenters. The number of nitrogens with zero attached hydrogens (tertiary/aromatic N) is 4. The fourth-order valence-electron chi connectivity index (χ4n) is 5.57. The number of anilines is 1. The number of halogens is 1. The molecule has 1 N–H and O–H groups in total. The van der Waals surface area contributed by atoms with E-state index in [9.17, 15) is 14.3 Å². The van der Waals surface area contributed by atoms with E-state index < -0.39 is 17.7 Å². The van der Waals surface area contributed by atoms with Crippen LogP contribution in [0.2, 0.25) is 0 Å². The smallest absolute Gasteiger partial charge is 0.337 e. The molecule has 46 heavy (non-hydrogen) atoms. The number of rotatable bonds is 15. The molecule has 3 aromatic rings. The maximum atomic E-state index is 14.1. The standard InChI is InChI=1S/C35H47FN4O6/c1-9-11-23(3)45-28-13-12-26(36)19-25(28)21-43-22-27-20-29-37-24(4)30(31(33(41)42)46-34(5,6)7)32(40(29)38-27)39-16-14-35(8,15-17-39)44-18-10-2/h9-10,12-13,19-20,23,31H,1-2,11,14-18,21-22H2,3-8H3,(H,41,42)/t23-,31-/m0/s1. The van der Waals surface area contributed by atoms with E-state index in [-0.39, 0.29) is 30.7 Å². The van der Waals surface area contributed by atoms with Crippen LogP contribution in [0, 0.1) is 12.7 Å². The molecule has 1 saturated heterocycles. The second kappa shape index (κ2) is 14.7. The third-order valence-corrected chi connectivity index (χ3v) is 7.84. The number of piperidine rings is 1. The van der Waals surface area contributed by atoms with E-state index in [4.69, 9.17) is 29.0 Å². The van der Waals surface area contributed by atoms with Crippen molar-refractivity contribution < 1.29 is 33.2 Å². The first-order valence-corrected chi connectivity index (χ1v) is 15.7. The Morgan fingerprint density at radius 2 is 1.89 bits per heavy atom. The topological polar surface area (TPSA) is 108 Å². The van der Waals surface area contributed by atoms with Gasteiger partial charge in [0.1, 0.15) is 17.4 Å². The highest BCUT2D eigenvalue weighted by molar-refractivity contribution is 5.78. The molecule has 0 saturated carbocycles. The lowest BCUT2D eigenvalue weighted by Gasteiger charge is -2.41. The van der Waals surface area contributed by atoms with Crippen LogP contribution in [0.5, 0.6) is 5.75 Å². The zero-order valence-electron chi connectivity index (χ0n) is 27.8. The molecule has 0 bridgehead atoms. The number of hydrogen-bond acceptors (Lipinski definition) is 8. The SMILES string of the molecule is C=CCOC1(C)CCN(c2c([C@H](OC(C)(C)C)C(=O)O)c(C)nc3cc(COCc4cc(F)ccc4O[C@@H](C)CC=C)nn23)CC1. The number of ether oxygens (including phenoxy) is 4. The summed E-state index contributed by atoms with van der Waals surface area (Å²) in [5.41, 5.74) is 1.66. The molecule has 0 spiro atoms. The highest BCUT2D eigenvalue weighted by Crippen LogP contribution is 2.37. The van der Waals surface area contributed by atoms with Gasteiger partial charge in [-0.25, -0.2) is 14.2 Å². The first-order valence-electron chi connectivity index (χ1n) is 15.7. The molecule has 0 amide bonds. The summed E-state index contributed by atoms with van der Waals surface area (Å²) in [6.45, 7) is 20.7. The van der Waals surface area contributed by atoms with Crippen molar-refractivity contribution in [1.29, 1.82) is 0 Å². The average Bonchev–Trinajstić information content (AvgIpc) is 3.38. The Balaban J connectivity index is 1.67. The molecular formula is C35H47FN4O6.